The lowest BCUT2D eigenvalue weighted by Crippen LogP contribution is -2.24. The normalized spacial score (nSPS) is 17.3. The molecular weight excluding hydrogens is 324 g/mol. The number of carbonyl (C=O) groups is 1. The summed E-state index contributed by atoms with van der Waals surface area (Å²) in [5.74, 6) is 0.162. The van der Waals surface area contributed by atoms with E-state index in [9.17, 15) is 13.2 Å². The van der Waals surface area contributed by atoms with Gasteiger partial charge in [-0.25, -0.2) is 8.42 Å². The molecule has 0 fully saturated rings. The van der Waals surface area contributed by atoms with Crippen molar-refractivity contribution in [2.75, 3.05) is 12.4 Å². The number of hydrogen-bond acceptors (Lipinski definition) is 4. The quantitative estimate of drug-likeness (QED) is 0.633. The van der Waals surface area contributed by atoms with Crippen molar-refractivity contribution < 1.29 is 17.9 Å². The van der Waals surface area contributed by atoms with Gasteiger partial charge >= 0.3 is 0 Å². The van der Waals surface area contributed by atoms with E-state index in [0.29, 0.717) is 12.4 Å². The van der Waals surface area contributed by atoms with Gasteiger partial charge in [0, 0.05) is 11.1 Å². The molecule has 24 heavy (non-hydrogen) atoms. The van der Waals surface area contributed by atoms with E-state index in [1.807, 2.05) is 0 Å². The Morgan fingerprint density at radius 1 is 1.08 bits per heavy atom. The van der Waals surface area contributed by atoms with Crippen LogP contribution in [0.15, 0.2) is 71.7 Å². The van der Waals surface area contributed by atoms with Gasteiger partial charge in [0.2, 0.25) is 0 Å². The largest absolute Gasteiger partial charge is 0.490 e. The third-order valence-corrected chi connectivity index (χ3v) is 5.41. The molecule has 0 N–H and O–H groups in total. The van der Waals surface area contributed by atoms with E-state index in [1.165, 1.54) is 6.07 Å². The van der Waals surface area contributed by atoms with Gasteiger partial charge in [-0.2, -0.15) is 0 Å². The Morgan fingerprint density at radius 3 is 2.50 bits per heavy atom. The fourth-order valence-electron chi connectivity index (χ4n) is 2.57. The number of sulfone groups is 1. The fraction of sp³-hybridized carbons (Fsp3) is 0.105. The third-order valence-electron chi connectivity index (χ3n) is 3.69. The third kappa shape index (κ3) is 3.16. The van der Waals surface area contributed by atoms with E-state index in [-0.39, 0.29) is 27.6 Å². The number of ketones is 1. The zero-order chi connectivity index (χ0) is 17.2. The molecule has 1 aliphatic heterocycles. The van der Waals surface area contributed by atoms with E-state index in [1.54, 1.807) is 54.6 Å². The molecule has 0 saturated carbocycles. The lowest BCUT2D eigenvalue weighted by molar-refractivity contribution is 0.103. The lowest BCUT2D eigenvalue weighted by atomic mass is 10.0. The summed E-state index contributed by atoms with van der Waals surface area (Å²) in [6.07, 6.45) is 3.27. The van der Waals surface area contributed by atoms with E-state index < -0.39 is 9.84 Å². The van der Waals surface area contributed by atoms with Gasteiger partial charge in [0.1, 0.15) is 12.4 Å². The minimum absolute atomic E-state index is 0.111. The van der Waals surface area contributed by atoms with Gasteiger partial charge < -0.3 is 4.74 Å². The zero-order valence-corrected chi connectivity index (χ0v) is 13.8. The second-order valence-electron chi connectivity index (χ2n) is 5.42. The topological polar surface area (TPSA) is 60.4 Å². The van der Waals surface area contributed by atoms with E-state index in [2.05, 4.69) is 6.58 Å². The zero-order valence-electron chi connectivity index (χ0n) is 12.9. The fourth-order valence-corrected chi connectivity index (χ4v) is 4.13. The molecule has 0 saturated heterocycles. The molecule has 0 amide bonds. The van der Waals surface area contributed by atoms with Crippen LogP contribution in [-0.2, 0) is 9.84 Å². The van der Waals surface area contributed by atoms with Crippen LogP contribution < -0.4 is 4.74 Å². The highest BCUT2D eigenvalue weighted by Crippen LogP contribution is 2.29. The SMILES string of the molecule is C=CCOc1ccc(C=C2CS(=O)(=O)c3ccccc3C2=O)cc1. The smallest absolute Gasteiger partial charge is 0.191 e. The van der Waals surface area contributed by atoms with Crippen molar-refractivity contribution in [1.82, 2.24) is 0 Å². The maximum absolute atomic E-state index is 12.5. The van der Waals surface area contributed by atoms with Crippen molar-refractivity contribution in [3.8, 4) is 5.75 Å². The van der Waals surface area contributed by atoms with Crippen molar-refractivity contribution in [3.05, 3.63) is 77.9 Å². The van der Waals surface area contributed by atoms with Crippen LogP contribution in [0.3, 0.4) is 0 Å². The van der Waals surface area contributed by atoms with Crippen LogP contribution in [0.25, 0.3) is 6.08 Å². The molecule has 1 aliphatic rings. The first kappa shape index (κ1) is 16.2. The van der Waals surface area contributed by atoms with Gasteiger partial charge in [0.25, 0.3) is 0 Å². The molecule has 122 valence electrons. The summed E-state index contributed by atoms with van der Waals surface area (Å²) in [6, 6.07) is 13.4. The molecular formula is C19H16O4S. The molecule has 2 aromatic carbocycles. The van der Waals surface area contributed by atoms with Crippen molar-refractivity contribution in [2.24, 2.45) is 0 Å². The maximum atomic E-state index is 12.5. The Kier molecular flexibility index (Phi) is 4.36. The highest BCUT2D eigenvalue weighted by molar-refractivity contribution is 7.91. The van der Waals surface area contributed by atoms with Crippen LogP contribution in [0.2, 0.25) is 0 Å². The first-order valence-electron chi connectivity index (χ1n) is 7.42. The number of benzene rings is 2. The summed E-state index contributed by atoms with van der Waals surface area (Å²) >= 11 is 0. The molecule has 0 aromatic heterocycles. The standard InChI is InChI=1S/C19H16O4S/c1-2-11-23-16-9-7-14(8-10-16)12-15-13-24(21,22)18-6-4-3-5-17(18)19(15)20/h2-10,12H,1,11,13H2. The summed E-state index contributed by atoms with van der Waals surface area (Å²) in [4.78, 5) is 12.7. The van der Waals surface area contributed by atoms with Gasteiger partial charge in [-0.05, 0) is 35.9 Å². The molecule has 0 aliphatic carbocycles. The van der Waals surface area contributed by atoms with Crippen molar-refractivity contribution in [3.63, 3.8) is 0 Å². The highest BCUT2D eigenvalue weighted by Gasteiger charge is 2.32. The predicted molar refractivity (Wildman–Crippen MR) is 92.9 cm³/mol. The van der Waals surface area contributed by atoms with Gasteiger partial charge in [-0.15, -0.1) is 0 Å². The highest BCUT2D eigenvalue weighted by atomic mass is 32.2. The van der Waals surface area contributed by atoms with Crippen LogP contribution in [0, 0.1) is 0 Å². The molecule has 0 atom stereocenters. The molecule has 1 heterocycles. The summed E-state index contributed by atoms with van der Waals surface area (Å²) in [5, 5.41) is 0. The van der Waals surface area contributed by atoms with Crippen LogP contribution in [0.1, 0.15) is 15.9 Å². The van der Waals surface area contributed by atoms with Crippen molar-refractivity contribution in [2.45, 2.75) is 4.90 Å². The first-order valence-corrected chi connectivity index (χ1v) is 9.07. The summed E-state index contributed by atoms with van der Waals surface area (Å²) in [6.45, 7) is 3.99. The van der Waals surface area contributed by atoms with Crippen LogP contribution in [-0.4, -0.2) is 26.6 Å². The predicted octanol–water partition coefficient (Wildman–Crippen LogP) is 3.31. The Bertz CT molecular complexity index is 922. The van der Waals surface area contributed by atoms with E-state index in [4.69, 9.17) is 4.74 Å². The Morgan fingerprint density at radius 2 is 1.79 bits per heavy atom. The number of fused-ring (bicyclic) bond motifs is 1. The first-order chi connectivity index (χ1) is 11.5. The van der Waals surface area contributed by atoms with Gasteiger partial charge in [-0.3, -0.25) is 4.79 Å². The lowest BCUT2D eigenvalue weighted by Gasteiger charge is -2.17. The second-order valence-corrected chi connectivity index (χ2v) is 7.38. The van der Waals surface area contributed by atoms with E-state index in [0.717, 1.165) is 5.56 Å². The number of Topliss-reactive ketones (excluding diaryl/α,β-unsaturated/α-hetero) is 1. The van der Waals surface area contributed by atoms with Gasteiger partial charge in [-0.1, -0.05) is 36.9 Å². The minimum atomic E-state index is -3.49. The van der Waals surface area contributed by atoms with Crippen molar-refractivity contribution in [1.29, 1.82) is 0 Å². The molecule has 0 unspecified atom stereocenters. The number of hydrogen-bond donors (Lipinski definition) is 0. The number of carbonyl (C=O) groups excluding carboxylic acids is 1. The minimum Gasteiger partial charge on any atom is -0.490 e. The molecule has 5 heteroatoms. The molecule has 4 nitrogen and oxygen atoms in total. The Hall–Kier alpha value is -2.66. The summed E-state index contributed by atoms with van der Waals surface area (Å²) in [5.41, 5.74) is 1.26. The summed E-state index contributed by atoms with van der Waals surface area (Å²) in [7, 11) is -3.49. The van der Waals surface area contributed by atoms with Gasteiger partial charge in [0.05, 0.1) is 10.6 Å². The number of ether oxygens (including phenoxy) is 1. The van der Waals surface area contributed by atoms with Crippen LogP contribution in [0.4, 0.5) is 0 Å². The van der Waals surface area contributed by atoms with Gasteiger partial charge in [0.15, 0.2) is 15.6 Å². The Balaban J connectivity index is 1.94. The second kappa shape index (κ2) is 6.45. The molecule has 0 bridgehead atoms. The Labute approximate surface area is 141 Å². The molecule has 3 rings (SSSR count). The van der Waals surface area contributed by atoms with Crippen molar-refractivity contribution >= 4 is 21.7 Å². The summed E-state index contributed by atoms with van der Waals surface area (Å²) < 4.78 is 30.1. The van der Waals surface area contributed by atoms with E-state index >= 15 is 0 Å². The molecule has 2 aromatic rings. The average molecular weight is 340 g/mol. The number of rotatable bonds is 4. The van der Waals surface area contributed by atoms with Crippen LogP contribution >= 0.6 is 0 Å². The van der Waals surface area contributed by atoms with Crippen LogP contribution in [0.5, 0.6) is 5.75 Å². The monoisotopic (exact) mass is 340 g/mol. The average Bonchev–Trinajstić information content (AvgIpc) is 2.59. The molecule has 0 spiro atoms. The molecule has 0 radical (unpaired) electrons. The maximum Gasteiger partial charge on any atom is 0.191 e.